The molecule has 1 amide bonds. The highest BCUT2D eigenvalue weighted by Crippen LogP contribution is 2.29. The maximum absolute atomic E-state index is 12.9. The Morgan fingerprint density at radius 2 is 2.27 bits per heavy atom. The number of ether oxygens (including phenoxy) is 2. The molecular formula is C19H18N2O4S. The van der Waals surface area contributed by atoms with E-state index in [1.165, 1.54) is 11.3 Å². The summed E-state index contributed by atoms with van der Waals surface area (Å²) in [6.45, 7) is 1.56. The molecule has 1 fully saturated rings. The lowest BCUT2D eigenvalue weighted by Gasteiger charge is -2.33. The molecule has 7 heteroatoms. The summed E-state index contributed by atoms with van der Waals surface area (Å²) in [4.78, 5) is 19.6. The molecule has 0 bridgehead atoms. The molecule has 2 aromatic heterocycles. The Morgan fingerprint density at radius 1 is 1.35 bits per heavy atom. The molecule has 4 rings (SSSR count). The quantitative estimate of drug-likeness (QED) is 0.702. The lowest BCUT2D eigenvalue weighted by Crippen LogP contribution is -2.42. The molecule has 0 radical (unpaired) electrons. The molecule has 6 nitrogen and oxygen atoms in total. The SMILES string of the molecule is COc1cccc(C2CN(C(=O)c3cnc(-c4ccco4)s3)CCO2)c1. The number of amides is 1. The monoisotopic (exact) mass is 370 g/mol. The molecule has 1 aromatic carbocycles. The van der Waals surface area contributed by atoms with E-state index in [4.69, 9.17) is 13.9 Å². The summed E-state index contributed by atoms with van der Waals surface area (Å²) in [6.07, 6.45) is 3.04. The van der Waals surface area contributed by atoms with E-state index >= 15 is 0 Å². The van der Waals surface area contributed by atoms with Crippen molar-refractivity contribution in [3.8, 4) is 16.5 Å². The van der Waals surface area contributed by atoms with Crippen molar-refractivity contribution in [3.05, 3.63) is 59.3 Å². The molecule has 1 aliphatic heterocycles. The van der Waals surface area contributed by atoms with Crippen LogP contribution < -0.4 is 4.74 Å². The predicted molar refractivity (Wildman–Crippen MR) is 97.4 cm³/mol. The number of furan rings is 1. The van der Waals surface area contributed by atoms with Crippen LogP contribution in [0.2, 0.25) is 0 Å². The van der Waals surface area contributed by atoms with E-state index in [2.05, 4.69) is 4.98 Å². The number of hydrogen-bond acceptors (Lipinski definition) is 6. The van der Waals surface area contributed by atoms with Crippen LogP contribution in [0.4, 0.5) is 0 Å². The van der Waals surface area contributed by atoms with Crippen molar-refractivity contribution in [3.63, 3.8) is 0 Å². The van der Waals surface area contributed by atoms with Crippen LogP contribution in [0.5, 0.6) is 5.75 Å². The van der Waals surface area contributed by atoms with E-state index in [0.29, 0.717) is 35.3 Å². The van der Waals surface area contributed by atoms with Gasteiger partial charge in [-0.25, -0.2) is 4.98 Å². The molecule has 0 aliphatic carbocycles. The molecule has 0 spiro atoms. The van der Waals surface area contributed by atoms with Crippen LogP contribution in [-0.4, -0.2) is 42.6 Å². The minimum Gasteiger partial charge on any atom is -0.497 e. The first-order valence-corrected chi connectivity index (χ1v) is 9.11. The number of carbonyl (C=O) groups excluding carboxylic acids is 1. The molecule has 1 unspecified atom stereocenters. The van der Waals surface area contributed by atoms with Crippen molar-refractivity contribution in [2.45, 2.75) is 6.10 Å². The molecule has 3 heterocycles. The predicted octanol–water partition coefficient (Wildman–Crippen LogP) is 3.63. The highest BCUT2D eigenvalue weighted by atomic mass is 32.1. The van der Waals surface area contributed by atoms with Gasteiger partial charge in [-0.15, -0.1) is 11.3 Å². The maximum atomic E-state index is 12.9. The number of benzene rings is 1. The Morgan fingerprint density at radius 3 is 3.08 bits per heavy atom. The Labute approximate surface area is 155 Å². The van der Waals surface area contributed by atoms with Crippen LogP contribution >= 0.6 is 11.3 Å². The van der Waals surface area contributed by atoms with E-state index in [9.17, 15) is 4.79 Å². The van der Waals surface area contributed by atoms with Crippen LogP contribution in [0.25, 0.3) is 10.8 Å². The van der Waals surface area contributed by atoms with Crippen LogP contribution in [-0.2, 0) is 4.74 Å². The molecule has 3 aromatic rings. The molecule has 0 saturated carbocycles. The van der Waals surface area contributed by atoms with Crippen molar-refractivity contribution >= 4 is 17.2 Å². The van der Waals surface area contributed by atoms with Gasteiger partial charge in [-0.05, 0) is 29.8 Å². The fourth-order valence-electron chi connectivity index (χ4n) is 2.92. The summed E-state index contributed by atoms with van der Waals surface area (Å²) in [6, 6.07) is 11.4. The number of thiazole rings is 1. The van der Waals surface area contributed by atoms with Gasteiger partial charge in [0, 0.05) is 6.54 Å². The van der Waals surface area contributed by atoms with Gasteiger partial charge in [0.15, 0.2) is 10.8 Å². The zero-order valence-electron chi connectivity index (χ0n) is 14.3. The number of hydrogen-bond donors (Lipinski definition) is 0. The molecule has 134 valence electrons. The molecule has 26 heavy (non-hydrogen) atoms. The second-order valence-electron chi connectivity index (χ2n) is 5.89. The molecule has 1 aliphatic rings. The number of rotatable bonds is 4. The molecular weight excluding hydrogens is 352 g/mol. The van der Waals surface area contributed by atoms with Gasteiger partial charge in [0.25, 0.3) is 5.91 Å². The summed E-state index contributed by atoms with van der Waals surface area (Å²) in [5.41, 5.74) is 1.00. The van der Waals surface area contributed by atoms with Crippen LogP contribution in [0.15, 0.2) is 53.3 Å². The first-order chi connectivity index (χ1) is 12.7. The second-order valence-corrected chi connectivity index (χ2v) is 6.92. The van der Waals surface area contributed by atoms with E-state index in [-0.39, 0.29) is 12.0 Å². The zero-order valence-corrected chi connectivity index (χ0v) is 15.1. The summed E-state index contributed by atoms with van der Waals surface area (Å²) >= 11 is 1.34. The van der Waals surface area contributed by atoms with Crippen molar-refractivity contribution in [2.75, 3.05) is 26.8 Å². The number of morpholine rings is 1. The highest BCUT2D eigenvalue weighted by Gasteiger charge is 2.27. The van der Waals surface area contributed by atoms with Gasteiger partial charge in [-0.1, -0.05) is 12.1 Å². The Kier molecular flexibility index (Phi) is 4.73. The molecule has 1 atom stereocenters. The van der Waals surface area contributed by atoms with Crippen LogP contribution in [0, 0.1) is 0 Å². The third kappa shape index (κ3) is 3.36. The summed E-state index contributed by atoms with van der Waals surface area (Å²) in [5.74, 6) is 1.42. The van der Waals surface area contributed by atoms with Gasteiger partial charge in [0.1, 0.15) is 16.7 Å². The largest absolute Gasteiger partial charge is 0.497 e. The Hall–Kier alpha value is -2.64. The topological polar surface area (TPSA) is 64.8 Å². The van der Waals surface area contributed by atoms with E-state index in [1.54, 1.807) is 25.6 Å². The first kappa shape index (κ1) is 16.8. The van der Waals surface area contributed by atoms with Gasteiger partial charge >= 0.3 is 0 Å². The number of methoxy groups -OCH3 is 1. The molecule has 0 N–H and O–H groups in total. The van der Waals surface area contributed by atoms with Gasteiger partial charge in [-0.2, -0.15) is 0 Å². The summed E-state index contributed by atoms with van der Waals surface area (Å²) in [7, 11) is 1.64. The van der Waals surface area contributed by atoms with Crippen molar-refractivity contribution in [1.29, 1.82) is 0 Å². The van der Waals surface area contributed by atoms with E-state index < -0.39 is 0 Å². The average Bonchev–Trinajstić information content (AvgIpc) is 3.39. The van der Waals surface area contributed by atoms with E-state index in [0.717, 1.165) is 11.3 Å². The third-order valence-electron chi connectivity index (χ3n) is 4.27. The average molecular weight is 370 g/mol. The number of nitrogens with zero attached hydrogens (tertiary/aromatic N) is 2. The zero-order chi connectivity index (χ0) is 17.9. The summed E-state index contributed by atoms with van der Waals surface area (Å²) in [5, 5.41) is 0.705. The van der Waals surface area contributed by atoms with Crippen LogP contribution in [0.3, 0.4) is 0 Å². The van der Waals surface area contributed by atoms with E-state index in [1.807, 2.05) is 35.2 Å². The minimum absolute atomic E-state index is 0.0310. The normalized spacial score (nSPS) is 17.3. The maximum Gasteiger partial charge on any atom is 0.265 e. The lowest BCUT2D eigenvalue weighted by molar-refractivity contribution is -0.0227. The minimum atomic E-state index is -0.166. The number of aromatic nitrogens is 1. The van der Waals surface area contributed by atoms with Gasteiger partial charge < -0.3 is 18.8 Å². The standard InChI is InChI=1S/C19H18N2O4S/c1-23-14-5-2-4-13(10-14)16-12-21(7-9-25-16)19(22)17-11-20-18(26-17)15-6-3-8-24-15/h2-6,8,10-11,16H,7,9,12H2,1H3. The third-order valence-corrected chi connectivity index (χ3v) is 5.27. The fourth-order valence-corrected chi connectivity index (χ4v) is 3.77. The molecule has 1 saturated heterocycles. The Bertz CT molecular complexity index is 891. The lowest BCUT2D eigenvalue weighted by atomic mass is 10.1. The first-order valence-electron chi connectivity index (χ1n) is 8.29. The number of carbonyl (C=O) groups is 1. The van der Waals surface area contributed by atoms with Gasteiger partial charge in [-0.3, -0.25) is 4.79 Å². The highest BCUT2D eigenvalue weighted by molar-refractivity contribution is 7.16. The van der Waals surface area contributed by atoms with Crippen molar-refractivity contribution in [1.82, 2.24) is 9.88 Å². The van der Waals surface area contributed by atoms with Gasteiger partial charge in [0.05, 0.1) is 32.7 Å². The van der Waals surface area contributed by atoms with Crippen molar-refractivity contribution in [2.24, 2.45) is 0 Å². The van der Waals surface area contributed by atoms with Gasteiger partial charge in [0.2, 0.25) is 0 Å². The summed E-state index contributed by atoms with van der Waals surface area (Å²) < 4.78 is 16.5. The smallest absolute Gasteiger partial charge is 0.265 e. The van der Waals surface area contributed by atoms with Crippen LogP contribution in [0.1, 0.15) is 21.3 Å². The fraction of sp³-hybridized carbons (Fsp3) is 0.263. The second kappa shape index (κ2) is 7.31. The Balaban J connectivity index is 1.49. The van der Waals surface area contributed by atoms with Crippen molar-refractivity contribution < 1.29 is 18.7 Å².